The second-order valence-electron chi connectivity index (χ2n) is 3.30. The average molecular weight is 295 g/mol. The summed E-state index contributed by atoms with van der Waals surface area (Å²) in [6, 6.07) is 5.65. The molecule has 2 rings (SSSR count). The summed E-state index contributed by atoms with van der Waals surface area (Å²) in [5.41, 5.74) is 6.40. The Kier molecular flexibility index (Phi) is 3.43. The van der Waals surface area contributed by atoms with Crippen LogP contribution in [0.3, 0.4) is 0 Å². The molecule has 3 N–H and O–H groups in total. The normalized spacial score (nSPS) is 10.0. The molecular formula is C11H11BrN4O. The van der Waals surface area contributed by atoms with E-state index in [1.165, 1.54) is 6.20 Å². The van der Waals surface area contributed by atoms with E-state index in [2.05, 4.69) is 31.2 Å². The van der Waals surface area contributed by atoms with Crippen LogP contribution < -0.4 is 15.8 Å². The fraction of sp³-hybridized carbons (Fsp3) is 0.0909. The van der Waals surface area contributed by atoms with Crippen molar-refractivity contribution in [3.63, 3.8) is 0 Å². The summed E-state index contributed by atoms with van der Waals surface area (Å²) in [5, 5.41) is 3.09. The number of methoxy groups -OCH3 is 1. The van der Waals surface area contributed by atoms with Gasteiger partial charge in [-0.05, 0) is 28.1 Å². The van der Waals surface area contributed by atoms with Gasteiger partial charge in [-0.1, -0.05) is 0 Å². The number of hydrogen-bond donors (Lipinski definition) is 2. The maximum Gasteiger partial charge on any atom is 0.151 e. The smallest absolute Gasteiger partial charge is 0.151 e. The van der Waals surface area contributed by atoms with Crippen LogP contribution in [0.2, 0.25) is 0 Å². The predicted molar refractivity (Wildman–Crippen MR) is 70.4 cm³/mol. The molecule has 0 bridgehead atoms. The van der Waals surface area contributed by atoms with E-state index in [4.69, 9.17) is 10.5 Å². The number of nitrogens with two attached hydrogens (primary N) is 1. The molecule has 0 aliphatic heterocycles. The monoisotopic (exact) mass is 294 g/mol. The molecule has 2 aromatic rings. The topological polar surface area (TPSA) is 73.1 Å². The van der Waals surface area contributed by atoms with Crippen LogP contribution in [0.25, 0.3) is 0 Å². The summed E-state index contributed by atoms with van der Waals surface area (Å²) in [6.45, 7) is 0. The molecule has 0 saturated carbocycles. The quantitative estimate of drug-likeness (QED) is 0.910. The molecule has 0 atom stereocenters. The summed E-state index contributed by atoms with van der Waals surface area (Å²) < 4.78 is 6.09. The first kappa shape index (κ1) is 11.7. The lowest BCUT2D eigenvalue weighted by molar-refractivity contribution is 0.412. The highest BCUT2D eigenvalue weighted by Crippen LogP contribution is 2.28. The number of hydrogen-bond acceptors (Lipinski definition) is 5. The van der Waals surface area contributed by atoms with Crippen LogP contribution in [-0.4, -0.2) is 17.1 Å². The lowest BCUT2D eigenvalue weighted by Gasteiger charge is -2.08. The van der Waals surface area contributed by atoms with Crippen LogP contribution in [0.15, 0.2) is 35.1 Å². The van der Waals surface area contributed by atoms with Gasteiger partial charge in [-0.15, -0.1) is 0 Å². The van der Waals surface area contributed by atoms with E-state index in [1.807, 2.05) is 18.2 Å². The van der Waals surface area contributed by atoms with Gasteiger partial charge in [-0.3, -0.25) is 4.98 Å². The van der Waals surface area contributed by atoms with Crippen molar-refractivity contribution in [2.45, 2.75) is 0 Å². The van der Waals surface area contributed by atoms with Crippen molar-refractivity contribution >= 4 is 33.3 Å². The number of rotatable bonds is 3. The van der Waals surface area contributed by atoms with Gasteiger partial charge in [0.2, 0.25) is 0 Å². The van der Waals surface area contributed by atoms with E-state index in [1.54, 1.807) is 13.3 Å². The third-order valence-electron chi connectivity index (χ3n) is 2.08. The summed E-state index contributed by atoms with van der Waals surface area (Å²) in [4.78, 5) is 8.05. The van der Waals surface area contributed by atoms with Gasteiger partial charge >= 0.3 is 0 Å². The van der Waals surface area contributed by atoms with E-state index in [0.29, 0.717) is 11.6 Å². The van der Waals surface area contributed by atoms with Crippen molar-refractivity contribution in [1.82, 2.24) is 9.97 Å². The van der Waals surface area contributed by atoms with Gasteiger partial charge < -0.3 is 15.8 Å². The Morgan fingerprint density at radius 1 is 1.35 bits per heavy atom. The standard InChI is InChI=1S/C11H11BrN4O/c1-17-9-4-7(2-3-8(9)12)15-11-6-14-5-10(13)16-11/h2-6H,1H3,(H3,13,15,16). The summed E-state index contributed by atoms with van der Waals surface area (Å²) in [5.74, 6) is 1.71. The van der Waals surface area contributed by atoms with Crippen molar-refractivity contribution in [2.75, 3.05) is 18.2 Å². The number of ether oxygens (including phenoxy) is 1. The number of halogens is 1. The zero-order chi connectivity index (χ0) is 12.3. The highest BCUT2D eigenvalue weighted by molar-refractivity contribution is 9.10. The first-order chi connectivity index (χ1) is 8.19. The van der Waals surface area contributed by atoms with Crippen molar-refractivity contribution in [1.29, 1.82) is 0 Å². The fourth-order valence-electron chi connectivity index (χ4n) is 1.33. The minimum atomic E-state index is 0.374. The number of aromatic nitrogens is 2. The van der Waals surface area contributed by atoms with Crippen LogP contribution in [0, 0.1) is 0 Å². The van der Waals surface area contributed by atoms with Crippen molar-refractivity contribution < 1.29 is 4.74 Å². The molecule has 17 heavy (non-hydrogen) atoms. The maximum absolute atomic E-state index is 5.55. The van der Waals surface area contributed by atoms with Gasteiger partial charge in [0, 0.05) is 11.8 Å². The third-order valence-corrected chi connectivity index (χ3v) is 2.73. The first-order valence-corrected chi connectivity index (χ1v) is 5.66. The number of nitrogens with one attached hydrogen (secondary N) is 1. The van der Waals surface area contributed by atoms with Crippen LogP contribution >= 0.6 is 15.9 Å². The Balaban J connectivity index is 2.24. The van der Waals surface area contributed by atoms with E-state index >= 15 is 0 Å². The number of anilines is 3. The van der Waals surface area contributed by atoms with E-state index < -0.39 is 0 Å². The highest BCUT2D eigenvalue weighted by Gasteiger charge is 2.02. The summed E-state index contributed by atoms with van der Waals surface area (Å²) >= 11 is 3.39. The zero-order valence-electron chi connectivity index (χ0n) is 9.14. The van der Waals surface area contributed by atoms with Crippen LogP contribution in [-0.2, 0) is 0 Å². The predicted octanol–water partition coefficient (Wildman–Crippen LogP) is 2.57. The van der Waals surface area contributed by atoms with E-state index in [9.17, 15) is 0 Å². The molecule has 0 unspecified atom stereocenters. The Morgan fingerprint density at radius 3 is 2.88 bits per heavy atom. The molecule has 6 heteroatoms. The lowest BCUT2D eigenvalue weighted by Crippen LogP contribution is -1.98. The minimum absolute atomic E-state index is 0.374. The van der Waals surface area contributed by atoms with Crippen LogP contribution in [0.1, 0.15) is 0 Å². The highest BCUT2D eigenvalue weighted by atomic mass is 79.9. The average Bonchev–Trinajstić information content (AvgIpc) is 2.32. The molecule has 1 heterocycles. The SMILES string of the molecule is COc1cc(Nc2cncc(N)n2)ccc1Br. The maximum atomic E-state index is 5.55. The van der Waals surface area contributed by atoms with Crippen molar-refractivity contribution in [3.05, 3.63) is 35.1 Å². The molecule has 0 aliphatic carbocycles. The Hall–Kier alpha value is -1.82. The fourth-order valence-corrected chi connectivity index (χ4v) is 1.74. The van der Waals surface area contributed by atoms with E-state index in [-0.39, 0.29) is 0 Å². The number of nitrogens with zero attached hydrogens (tertiary/aromatic N) is 2. The zero-order valence-corrected chi connectivity index (χ0v) is 10.7. The molecule has 1 aromatic carbocycles. The molecule has 0 amide bonds. The third kappa shape index (κ3) is 2.85. The molecule has 0 fully saturated rings. The first-order valence-electron chi connectivity index (χ1n) is 4.87. The van der Waals surface area contributed by atoms with Crippen LogP contribution in [0.5, 0.6) is 5.75 Å². The van der Waals surface area contributed by atoms with Crippen LogP contribution in [0.4, 0.5) is 17.3 Å². The molecule has 0 radical (unpaired) electrons. The Labute approximate surface area is 107 Å². The summed E-state index contributed by atoms with van der Waals surface area (Å²) in [7, 11) is 1.62. The van der Waals surface area contributed by atoms with Crippen molar-refractivity contribution in [2.24, 2.45) is 0 Å². The Morgan fingerprint density at radius 2 is 2.18 bits per heavy atom. The van der Waals surface area contributed by atoms with E-state index in [0.717, 1.165) is 15.9 Å². The number of benzene rings is 1. The second kappa shape index (κ2) is 5.01. The molecule has 0 saturated heterocycles. The summed E-state index contributed by atoms with van der Waals surface area (Å²) in [6.07, 6.45) is 3.10. The van der Waals surface area contributed by atoms with Gasteiger partial charge in [0.05, 0.1) is 24.0 Å². The molecular weight excluding hydrogens is 284 g/mol. The van der Waals surface area contributed by atoms with Gasteiger partial charge in [-0.25, -0.2) is 4.98 Å². The molecule has 1 aromatic heterocycles. The molecule has 5 nitrogen and oxygen atoms in total. The molecule has 0 spiro atoms. The molecule has 88 valence electrons. The van der Waals surface area contributed by atoms with Gasteiger partial charge in [0.1, 0.15) is 11.6 Å². The molecule has 0 aliphatic rings. The van der Waals surface area contributed by atoms with Gasteiger partial charge in [-0.2, -0.15) is 0 Å². The minimum Gasteiger partial charge on any atom is -0.495 e. The number of nitrogen functional groups attached to an aromatic ring is 1. The Bertz CT molecular complexity index is 533. The second-order valence-corrected chi connectivity index (χ2v) is 4.16. The largest absolute Gasteiger partial charge is 0.495 e. The lowest BCUT2D eigenvalue weighted by atomic mass is 10.3. The van der Waals surface area contributed by atoms with Crippen molar-refractivity contribution in [3.8, 4) is 5.75 Å². The van der Waals surface area contributed by atoms with Gasteiger partial charge in [0.15, 0.2) is 5.82 Å². The van der Waals surface area contributed by atoms with Gasteiger partial charge in [0.25, 0.3) is 0 Å².